The van der Waals surface area contributed by atoms with Crippen LogP contribution in [0.25, 0.3) is 0 Å². The third-order valence-corrected chi connectivity index (χ3v) is 3.69. The summed E-state index contributed by atoms with van der Waals surface area (Å²) in [5.41, 5.74) is 1.20. The molecule has 5 heteroatoms. The SMILES string of the molecule is COc1cccc(CCN2CCN(CCBr)C2=O)c1. The number of rotatable bonds is 6. The Morgan fingerprint density at radius 1 is 1.26 bits per heavy atom. The van der Waals surface area contributed by atoms with Crippen LogP contribution in [-0.2, 0) is 6.42 Å². The van der Waals surface area contributed by atoms with E-state index in [1.165, 1.54) is 5.56 Å². The Morgan fingerprint density at radius 2 is 2.00 bits per heavy atom. The normalized spacial score (nSPS) is 15.2. The monoisotopic (exact) mass is 326 g/mol. The number of urea groups is 1. The lowest BCUT2D eigenvalue weighted by Crippen LogP contribution is -2.34. The molecule has 0 radical (unpaired) electrons. The number of ether oxygens (including phenoxy) is 1. The minimum absolute atomic E-state index is 0.155. The highest BCUT2D eigenvalue weighted by Crippen LogP contribution is 2.15. The van der Waals surface area contributed by atoms with Crippen LogP contribution in [0.4, 0.5) is 4.79 Å². The summed E-state index contributed by atoms with van der Waals surface area (Å²) in [5.74, 6) is 0.867. The molecule has 19 heavy (non-hydrogen) atoms. The van der Waals surface area contributed by atoms with Crippen molar-refractivity contribution in [2.24, 2.45) is 0 Å². The molecule has 2 rings (SSSR count). The molecule has 0 aliphatic carbocycles. The number of hydrogen-bond acceptors (Lipinski definition) is 2. The Labute approximate surface area is 122 Å². The Bertz CT molecular complexity index is 439. The first kappa shape index (κ1) is 14.2. The van der Waals surface area contributed by atoms with Crippen LogP contribution in [0.3, 0.4) is 0 Å². The fourth-order valence-electron chi connectivity index (χ4n) is 2.24. The van der Waals surface area contributed by atoms with E-state index in [0.29, 0.717) is 0 Å². The molecule has 1 heterocycles. The van der Waals surface area contributed by atoms with Gasteiger partial charge in [0.1, 0.15) is 5.75 Å². The van der Waals surface area contributed by atoms with Gasteiger partial charge in [0.05, 0.1) is 7.11 Å². The first-order valence-electron chi connectivity index (χ1n) is 6.47. The van der Waals surface area contributed by atoms with Crippen LogP contribution in [0.5, 0.6) is 5.75 Å². The van der Waals surface area contributed by atoms with Gasteiger partial charge in [-0.2, -0.15) is 0 Å². The van der Waals surface area contributed by atoms with E-state index in [9.17, 15) is 4.79 Å². The number of methoxy groups -OCH3 is 1. The van der Waals surface area contributed by atoms with Crippen LogP contribution in [0.2, 0.25) is 0 Å². The third kappa shape index (κ3) is 3.62. The predicted octanol–water partition coefficient (Wildman–Crippen LogP) is 2.37. The van der Waals surface area contributed by atoms with Gasteiger partial charge in [0.15, 0.2) is 0 Å². The van der Waals surface area contributed by atoms with Gasteiger partial charge in [-0.3, -0.25) is 0 Å². The van der Waals surface area contributed by atoms with Crippen LogP contribution in [0.15, 0.2) is 24.3 Å². The van der Waals surface area contributed by atoms with Crippen molar-refractivity contribution in [1.29, 1.82) is 0 Å². The average molecular weight is 327 g/mol. The number of hydrogen-bond donors (Lipinski definition) is 0. The topological polar surface area (TPSA) is 32.8 Å². The lowest BCUT2D eigenvalue weighted by atomic mass is 10.1. The molecule has 104 valence electrons. The zero-order chi connectivity index (χ0) is 13.7. The van der Waals surface area contributed by atoms with Crippen molar-refractivity contribution in [3.05, 3.63) is 29.8 Å². The Kier molecular flexibility index (Phi) is 5.07. The predicted molar refractivity (Wildman–Crippen MR) is 79.0 cm³/mol. The fourth-order valence-corrected chi connectivity index (χ4v) is 2.67. The van der Waals surface area contributed by atoms with E-state index in [2.05, 4.69) is 22.0 Å². The van der Waals surface area contributed by atoms with E-state index in [1.54, 1.807) is 7.11 Å². The molecule has 0 saturated carbocycles. The third-order valence-electron chi connectivity index (χ3n) is 3.34. The number of alkyl halides is 1. The number of benzene rings is 1. The minimum atomic E-state index is 0.155. The second-order valence-corrected chi connectivity index (χ2v) is 5.34. The van der Waals surface area contributed by atoms with Gasteiger partial charge in [0, 0.05) is 31.5 Å². The number of amides is 2. The molecule has 0 unspecified atom stereocenters. The highest BCUT2D eigenvalue weighted by Gasteiger charge is 2.26. The molecular formula is C14H19BrN2O2. The molecule has 1 fully saturated rings. The van der Waals surface area contributed by atoms with Crippen LogP contribution in [0.1, 0.15) is 5.56 Å². The van der Waals surface area contributed by atoms with Gasteiger partial charge < -0.3 is 14.5 Å². The molecule has 0 aromatic heterocycles. The van der Waals surface area contributed by atoms with Crippen molar-refractivity contribution in [2.45, 2.75) is 6.42 Å². The summed E-state index contributed by atoms with van der Waals surface area (Å²) in [5, 5.41) is 0.836. The number of halogens is 1. The lowest BCUT2D eigenvalue weighted by Gasteiger charge is -2.17. The second kappa shape index (κ2) is 6.80. The summed E-state index contributed by atoms with van der Waals surface area (Å²) in [6.07, 6.45) is 0.866. The fraction of sp³-hybridized carbons (Fsp3) is 0.500. The maximum Gasteiger partial charge on any atom is 0.320 e. The number of carbonyl (C=O) groups excluding carboxylic acids is 1. The molecule has 0 atom stereocenters. The van der Waals surface area contributed by atoms with Crippen molar-refractivity contribution in [3.63, 3.8) is 0 Å². The maximum atomic E-state index is 12.0. The van der Waals surface area contributed by atoms with Gasteiger partial charge in [0.2, 0.25) is 0 Å². The first-order valence-corrected chi connectivity index (χ1v) is 7.59. The molecule has 1 aliphatic rings. The zero-order valence-electron chi connectivity index (χ0n) is 11.1. The van der Waals surface area contributed by atoms with Gasteiger partial charge in [-0.25, -0.2) is 4.79 Å². The summed E-state index contributed by atoms with van der Waals surface area (Å²) in [7, 11) is 1.67. The molecule has 1 aliphatic heterocycles. The van der Waals surface area contributed by atoms with Gasteiger partial charge in [0.25, 0.3) is 0 Å². The Balaban J connectivity index is 1.87. The molecular weight excluding hydrogens is 308 g/mol. The average Bonchev–Trinajstić information content (AvgIpc) is 2.78. The minimum Gasteiger partial charge on any atom is -0.497 e. The Hall–Kier alpha value is -1.23. The molecule has 0 N–H and O–H groups in total. The van der Waals surface area contributed by atoms with Crippen molar-refractivity contribution in [2.75, 3.05) is 38.6 Å². The van der Waals surface area contributed by atoms with Gasteiger partial charge in [-0.15, -0.1) is 0 Å². The van der Waals surface area contributed by atoms with Crippen LogP contribution < -0.4 is 4.74 Å². The zero-order valence-corrected chi connectivity index (χ0v) is 12.7. The quantitative estimate of drug-likeness (QED) is 0.752. The van der Waals surface area contributed by atoms with Gasteiger partial charge in [-0.05, 0) is 24.1 Å². The first-order chi connectivity index (χ1) is 9.24. The van der Waals surface area contributed by atoms with Crippen molar-refractivity contribution < 1.29 is 9.53 Å². The smallest absolute Gasteiger partial charge is 0.320 e. The van der Waals surface area contributed by atoms with Crippen molar-refractivity contribution in [3.8, 4) is 5.75 Å². The molecule has 2 amide bonds. The van der Waals surface area contributed by atoms with Crippen LogP contribution in [-0.4, -0.2) is 54.4 Å². The molecule has 1 aromatic carbocycles. The lowest BCUT2D eigenvalue weighted by molar-refractivity contribution is 0.194. The summed E-state index contributed by atoms with van der Waals surface area (Å²) in [6, 6.07) is 8.16. The highest BCUT2D eigenvalue weighted by atomic mass is 79.9. The summed E-state index contributed by atoms with van der Waals surface area (Å²) in [4.78, 5) is 15.9. The molecule has 1 saturated heterocycles. The molecule has 1 aromatic rings. The molecule has 0 spiro atoms. The van der Waals surface area contributed by atoms with E-state index in [-0.39, 0.29) is 6.03 Å². The second-order valence-electron chi connectivity index (χ2n) is 4.55. The molecule has 0 bridgehead atoms. The summed E-state index contributed by atoms with van der Waals surface area (Å²) in [6.45, 7) is 3.22. The summed E-state index contributed by atoms with van der Waals surface area (Å²) < 4.78 is 5.20. The number of nitrogens with zero attached hydrogens (tertiary/aromatic N) is 2. The Morgan fingerprint density at radius 3 is 2.68 bits per heavy atom. The summed E-state index contributed by atoms with van der Waals surface area (Å²) >= 11 is 3.37. The highest BCUT2D eigenvalue weighted by molar-refractivity contribution is 9.09. The van der Waals surface area contributed by atoms with E-state index in [4.69, 9.17) is 4.74 Å². The standard InChI is InChI=1S/C14H19BrN2O2/c1-19-13-4-2-3-12(11-13)5-7-16-9-10-17(8-6-15)14(16)18/h2-4,11H,5-10H2,1H3. The van der Waals surface area contributed by atoms with Gasteiger partial charge in [-0.1, -0.05) is 28.1 Å². The maximum absolute atomic E-state index is 12.0. The van der Waals surface area contributed by atoms with Crippen LogP contribution in [0, 0.1) is 0 Å². The molecule has 4 nitrogen and oxygen atoms in total. The van der Waals surface area contributed by atoms with Crippen molar-refractivity contribution in [1.82, 2.24) is 9.80 Å². The van der Waals surface area contributed by atoms with Crippen molar-refractivity contribution >= 4 is 22.0 Å². The number of carbonyl (C=O) groups is 1. The van der Waals surface area contributed by atoms with E-state index in [1.807, 2.05) is 28.0 Å². The largest absolute Gasteiger partial charge is 0.497 e. The van der Waals surface area contributed by atoms with E-state index in [0.717, 1.165) is 43.7 Å². The van der Waals surface area contributed by atoms with E-state index >= 15 is 0 Å². The van der Waals surface area contributed by atoms with E-state index < -0.39 is 0 Å². The van der Waals surface area contributed by atoms with Crippen LogP contribution >= 0.6 is 15.9 Å². The van der Waals surface area contributed by atoms with Gasteiger partial charge >= 0.3 is 6.03 Å².